The van der Waals surface area contributed by atoms with Crippen LogP contribution in [0.4, 0.5) is 4.79 Å². The Morgan fingerprint density at radius 3 is 2.88 bits per heavy atom. The minimum Gasteiger partial charge on any atom is -0.444 e. The molecule has 0 aliphatic carbocycles. The number of aromatic nitrogens is 2. The normalized spacial score (nSPS) is 19.8. The van der Waals surface area contributed by atoms with Gasteiger partial charge in [0.05, 0.1) is 18.0 Å². The zero-order valence-electron chi connectivity index (χ0n) is 15.2. The Morgan fingerprint density at radius 2 is 2.21 bits per heavy atom. The number of rotatable bonds is 5. The van der Waals surface area contributed by atoms with Crippen LogP contribution in [-0.4, -0.2) is 46.3 Å². The molecular formula is C18H29N3O3. The van der Waals surface area contributed by atoms with Crippen LogP contribution in [0.3, 0.4) is 0 Å². The van der Waals surface area contributed by atoms with E-state index in [2.05, 4.69) is 9.97 Å². The molecule has 2 rings (SSSR count). The fourth-order valence-corrected chi connectivity index (χ4v) is 2.81. The third-order valence-electron chi connectivity index (χ3n) is 4.06. The van der Waals surface area contributed by atoms with Crippen molar-refractivity contribution in [3.05, 3.63) is 24.3 Å². The lowest BCUT2D eigenvalue weighted by Crippen LogP contribution is -2.43. The summed E-state index contributed by atoms with van der Waals surface area (Å²) in [5, 5.41) is 0. The minimum absolute atomic E-state index is 0.0655. The maximum absolute atomic E-state index is 12.2. The zero-order chi connectivity index (χ0) is 17.6. The van der Waals surface area contributed by atoms with Crippen LogP contribution in [0.25, 0.3) is 0 Å². The first kappa shape index (κ1) is 18.6. The Balaban J connectivity index is 1.74. The molecule has 1 aromatic rings. The first-order chi connectivity index (χ1) is 11.3. The van der Waals surface area contributed by atoms with Gasteiger partial charge in [-0.1, -0.05) is 0 Å². The van der Waals surface area contributed by atoms with Gasteiger partial charge in [0, 0.05) is 32.1 Å². The minimum atomic E-state index is -0.445. The van der Waals surface area contributed by atoms with Gasteiger partial charge in [0.15, 0.2) is 0 Å². The average Bonchev–Trinajstić information content (AvgIpc) is 2.54. The number of likely N-dealkylation sites (tertiary alicyclic amines) is 1. The molecule has 6 heteroatoms. The van der Waals surface area contributed by atoms with Gasteiger partial charge in [-0.05, 0) is 52.9 Å². The summed E-state index contributed by atoms with van der Waals surface area (Å²) in [4.78, 5) is 22.3. The molecule has 2 heterocycles. The number of nitrogens with zero attached hydrogens (tertiary/aromatic N) is 3. The Labute approximate surface area is 144 Å². The van der Waals surface area contributed by atoms with Gasteiger partial charge in [-0.3, -0.25) is 9.97 Å². The van der Waals surface area contributed by atoms with Crippen LogP contribution in [0, 0.1) is 5.92 Å². The molecule has 0 spiro atoms. The molecule has 1 amide bonds. The molecular weight excluding hydrogens is 306 g/mol. The largest absolute Gasteiger partial charge is 0.444 e. The number of amides is 1. The molecule has 1 aliphatic rings. The predicted molar refractivity (Wildman–Crippen MR) is 91.5 cm³/mol. The number of hydrogen-bond donors (Lipinski definition) is 0. The fourth-order valence-electron chi connectivity index (χ4n) is 2.81. The van der Waals surface area contributed by atoms with Crippen molar-refractivity contribution in [2.75, 3.05) is 19.7 Å². The first-order valence-electron chi connectivity index (χ1n) is 8.70. The van der Waals surface area contributed by atoms with Crippen LogP contribution >= 0.6 is 0 Å². The van der Waals surface area contributed by atoms with E-state index < -0.39 is 5.60 Å². The smallest absolute Gasteiger partial charge is 0.410 e. The monoisotopic (exact) mass is 335 g/mol. The van der Waals surface area contributed by atoms with Gasteiger partial charge in [-0.2, -0.15) is 0 Å². The number of carbonyl (C=O) groups is 1. The first-order valence-corrected chi connectivity index (χ1v) is 8.70. The molecule has 0 bridgehead atoms. The van der Waals surface area contributed by atoms with E-state index in [9.17, 15) is 4.79 Å². The van der Waals surface area contributed by atoms with Crippen LogP contribution in [-0.2, 0) is 9.47 Å². The van der Waals surface area contributed by atoms with E-state index in [0.29, 0.717) is 12.5 Å². The van der Waals surface area contributed by atoms with Gasteiger partial charge in [-0.15, -0.1) is 0 Å². The molecule has 6 nitrogen and oxygen atoms in total. The third kappa shape index (κ3) is 6.07. The Morgan fingerprint density at radius 1 is 1.42 bits per heavy atom. The van der Waals surface area contributed by atoms with Gasteiger partial charge >= 0.3 is 6.09 Å². The summed E-state index contributed by atoms with van der Waals surface area (Å²) in [5.74, 6) is 0.459. The van der Waals surface area contributed by atoms with Gasteiger partial charge < -0.3 is 14.4 Å². The number of ether oxygens (including phenoxy) is 2. The lowest BCUT2D eigenvalue weighted by Gasteiger charge is -2.34. The van der Waals surface area contributed by atoms with Gasteiger partial charge in [-0.25, -0.2) is 4.79 Å². The number of carbonyl (C=O) groups excluding carboxylic acids is 1. The van der Waals surface area contributed by atoms with E-state index in [1.807, 2.05) is 32.6 Å². The second kappa shape index (κ2) is 8.42. The fraction of sp³-hybridized carbons (Fsp3) is 0.722. The molecule has 0 aromatic carbocycles. The molecule has 0 N–H and O–H groups in total. The van der Waals surface area contributed by atoms with Crippen LogP contribution in [0.15, 0.2) is 18.6 Å². The van der Waals surface area contributed by atoms with Crippen LogP contribution in [0.5, 0.6) is 0 Å². The molecule has 24 heavy (non-hydrogen) atoms. The maximum atomic E-state index is 12.2. The highest BCUT2D eigenvalue weighted by atomic mass is 16.6. The third-order valence-corrected chi connectivity index (χ3v) is 4.06. The van der Waals surface area contributed by atoms with Crippen LogP contribution < -0.4 is 0 Å². The van der Waals surface area contributed by atoms with Crippen molar-refractivity contribution in [2.24, 2.45) is 5.92 Å². The topological polar surface area (TPSA) is 64.5 Å². The van der Waals surface area contributed by atoms with Crippen molar-refractivity contribution in [1.82, 2.24) is 14.9 Å². The molecule has 2 atom stereocenters. The highest BCUT2D eigenvalue weighted by Gasteiger charge is 2.27. The molecule has 0 radical (unpaired) electrons. The van der Waals surface area contributed by atoms with Gasteiger partial charge in [0.1, 0.15) is 5.60 Å². The zero-order valence-corrected chi connectivity index (χ0v) is 15.2. The molecule has 0 saturated carbocycles. The summed E-state index contributed by atoms with van der Waals surface area (Å²) >= 11 is 0. The van der Waals surface area contributed by atoms with E-state index >= 15 is 0 Å². The lowest BCUT2D eigenvalue weighted by atomic mass is 9.95. The Kier molecular flexibility index (Phi) is 6.54. The summed E-state index contributed by atoms with van der Waals surface area (Å²) in [7, 11) is 0. The SMILES string of the molecule is CC(OCCC1CCCN(C(=O)OC(C)(C)C)C1)c1cnccn1. The van der Waals surface area contributed by atoms with Crippen molar-refractivity contribution in [3.8, 4) is 0 Å². The van der Waals surface area contributed by atoms with Crippen molar-refractivity contribution < 1.29 is 14.3 Å². The average molecular weight is 335 g/mol. The Hall–Kier alpha value is -1.69. The Bertz CT molecular complexity index is 516. The quantitative estimate of drug-likeness (QED) is 0.823. The summed E-state index contributed by atoms with van der Waals surface area (Å²) in [6.45, 7) is 9.86. The van der Waals surface area contributed by atoms with Crippen LogP contribution in [0.2, 0.25) is 0 Å². The highest BCUT2D eigenvalue weighted by Crippen LogP contribution is 2.23. The second-order valence-corrected chi connectivity index (χ2v) is 7.37. The second-order valence-electron chi connectivity index (χ2n) is 7.37. The lowest BCUT2D eigenvalue weighted by molar-refractivity contribution is 0.0104. The summed E-state index contributed by atoms with van der Waals surface area (Å²) < 4.78 is 11.3. The van der Waals surface area contributed by atoms with Crippen molar-refractivity contribution in [3.63, 3.8) is 0 Å². The van der Waals surface area contributed by atoms with Crippen molar-refractivity contribution >= 4 is 6.09 Å². The summed E-state index contributed by atoms with van der Waals surface area (Å²) in [6, 6.07) is 0. The van der Waals surface area contributed by atoms with Crippen molar-refractivity contribution in [2.45, 2.75) is 58.7 Å². The molecule has 1 fully saturated rings. The van der Waals surface area contributed by atoms with E-state index in [4.69, 9.17) is 9.47 Å². The molecule has 2 unspecified atom stereocenters. The molecule has 1 saturated heterocycles. The standard InChI is InChI=1S/C18H29N3O3/c1-14(16-12-19-8-9-20-16)23-11-7-15-6-5-10-21(13-15)17(22)24-18(2,3)4/h8-9,12,14-15H,5-7,10-11,13H2,1-4H3. The van der Waals surface area contributed by atoms with Crippen molar-refractivity contribution in [1.29, 1.82) is 0 Å². The predicted octanol–water partition coefficient (Wildman–Crippen LogP) is 3.59. The molecule has 134 valence electrons. The van der Waals surface area contributed by atoms with E-state index in [1.165, 1.54) is 0 Å². The highest BCUT2D eigenvalue weighted by molar-refractivity contribution is 5.68. The van der Waals surface area contributed by atoms with Gasteiger partial charge in [0.2, 0.25) is 0 Å². The van der Waals surface area contributed by atoms with E-state index in [1.54, 1.807) is 18.6 Å². The number of hydrogen-bond acceptors (Lipinski definition) is 5. The molecule has 1 aliphatic heterocycles. The number of piperidine rings is 1. The van der Waals surface area contributed by atoms with E-state index in [0.717, 1.165) is 38.0 Å². The van der Waals surface area contributed by atoms with Crippen LogP contribution in [0.1, 0.15) is 58.8 Å². The molecule has 1 aromatic heterocycles. The van der Waals surface area contributed by atoms with Gasteiger partial charge in [0.25, 0.3) is 0 Å². The van der Waals surface area contributed by atoms with E-state index in [-0.39, 0.29) is 12.2 Å². The summed E-state index contributed by atoms with van der Waals surface area (Å²) in [6.07, 6.45) is 7.87. The maximum Gasteiger partial charge on any atom is 0.410 e. The summed E-state index contributed by atoms with van der Waals surface area (Å²) in [5.41, 5.74) is 0.399.